The highest BCUT2D eigenvalue weighted by Crippen LogP contribution is 2.26. The van der Waals surface area contributed by atoms with Gasteiger partial charge < -0.3 is 5.73 Å². The third kappa shape index (κ3) is 4.32. The fourth-order valence-electron chi connectivity index (χ4n) is 2.76. The van der Waals surface area contributed by atoms with Gasteiger partial charge in [0, 0.05) is 25.2 Å². The van der Waals surface area contributed by atoms with E-state index in [1.54, 1.807) is 0 Å². The lowest BCUT2D eigenvalue weighted by Crippen LogP contribution is -2.41. The summed E-state index contributed by atoms with van der Waals surface area (Å²) in [6.45, 7) is 15.2. The summed E-state index contributed by atoms with van der Waals surface area (Å²) >= 11 is 0. The lowest BCUT2D eigenvalue weighted by molar-refractivity contribution is 0.138. The van der Waals surface area contributed by atoms with Crippen molar-refractivity contribution in [3.63, 3.8) is 0 Å². The molecular weight excluding hydrogens is 232 g/mol. The maximum absolute atomic E-state index is 6.08. The molecule has 2 nitrogen and oxygen atoms in total. The molecule has 1 atom stereocenters. The summed E-state index contributed by atoms with van der Waals surface area (Å²) < 4.78 is 0. The molecule has 0 aliphatic rings. The second kappa shape index (κ2) is 7.06. The number of aryl methyl sites for hydroxylation is 2. The number of rotatable bonds is 6. The lowest BCUT2D eigenvalue weighted by Gasteiger charge is -2.36. The Kier molecular flexibility index (Phi) is 6.02. The third-order valence-corrected chi connectivity index (χ3v) is 3.65. The largest absolute Gasteiger partial charge is 0.329 e. The molecule has 0 saturated carbocycles. The zero-order valence-electron chi connectivity index (χ0n) is 13.4. The summed E-state index contributed by atoms with van der Waals surface area (Å²) in [5.74, 6) is 0.655. The van der Waals surface area contributed by atoms with E-state index in [9.17, 15) is 0 Å². The van der Waals surface area contributed by atoms with E-state index in [0.29, 0.717) is 24.5 Å². The topological polar surface area (TPSA) is 29.3 Å². The summed E-state index contributed by atoms with van der Waals surface area (Å²) in [4.78, 5) is 2.53. The minimum atomic E-state index is 0.322. The summed E-state index contributed by atoms with van der Waals surface area (Å²) in [6, 6.07) is 7.53. The van der Waals surface area contributed by atoms with Gasteiger partial charge >= 0.3 is 0 Å². The molecule has 0 bridgehead atoms. The van der Waals surface area contributed by atoms with Crippen LogP contribution >= 0.6 is 0 Å². The smallest absolute Gasteiger partial charge is 0.0475 e. The Morgan fingerprint density at radius 2 is 1.74 bits per heavy atom. The normalized spacial score (nSPS) is 13.6. The minimum Gasteiger partial charge on any atom is -0.329 e. The maximum Gasteiger partial charge on any atom is 0.0475 e. The van der Waals surface area contributed by atoms with Gasteiger partial charge in [-0.05, 0) is 44.7 Å². The molecular formula is C17H30N2. The number of hydrogen-bond acceptors (Lipinski definition) is 2. The predicted molar refractivity (Wildman–Crippen MR) is 84.4 cm³/mol. The maximum atomic E-state index is 6.08. The van der Waals surface area contributed by atoms with Crippen molar-refractivity contribution < 1.29 is 0 Å². The van der Waals surface area contributed by atoms with Gasteiger partial charge in [0.05, 0.1) is 0 Å². The van der Waals surface area contributed by atoms with Crippen molar-refractivity contribution in [1.82, 2.24) is 4.90 Å². The van der Waals surface area contributed by atoms with Crippen molar-refractivity contribution >= 4 is 0 Å². The molecule has 0 aromatic heterocycles. The second-order valence-electron chi connectivity index (χ2n) is 6.30. The molecule has 1 unspecified atom stereocenters. The van der Waals surface area contributed by atoms with E-state index in [1.807, 2.05) is 0 Å². The molecule has 2 heteroatoms. The van der Waals surface area contributed by atoms with Gasteiger partial charge in [-0.3, -0.25) is 4.90 Å². The molecule has 0 radical (unpaired) electrons. The van der Waals surface area contributed by atoms with Crippen molar-refractivity contribution in [1.29, 1.82) is 0 Å². The highest BCUT2D eigenvalue weighted by atomic mass is 15.2. The molecule has 0 fully saturated rings. The Hall–Kier alpha value is -0.860. The molecule has 0 saturated heterocycles. The van der Waals surface area contributed by atoms with E-state index >= 15 is 0 Å². The van der Waals surface area contributed by atoms with Crippen LogP contribution in [0.4, 0.5) is 0 Å². The summed E-state index contributed by atoms with van der Waals surface area (Å²) in [5.41, 5.74) is 10.1. The Morgan fingerprint density at radius 3 is 2.16 bits per heavy atom. The molecule has 108 valence electrons. The molecule has 19 heavy (non-hydrogen) atoms. The van der Waals surface area contributed by atoms with Crippen LogP contribution < -0.4 is 5.73 Å². The quantitative estimate of drug-likeness (QED) is 0.847. The van der Waals surface area contributed by atoms with Crippen molar-refractivity contribution in [2.75, 3.05) is 13.1 Å². The van der Waals surface area contributed by atoms with Crippen LogP contribution in [-0.2, 0) is 0 Å². The number of benzene rings is 1. The number of hydrogen-bond donors (Lipinski definition) is 1. The molecule has 2 N–H and O–H groups in total. The lowest BCUT2D eigenvalue weighted by atomic mass is 9.96. The van der Waals surface area contributed by atoms with Gasteiger partial charge in [-0.1, -0.05) is 37.6 Å². The average Bonchev–Trinajstić information content (AvgIpc) is 2.30. The Balaban J connectivity index is 3.08. The second-order valence-corrected chi connectivity index (χ2v) is 6.30. The fraction of sp³-hybridized carbons (Fsp3) is 0.647. The molecule has 1 aromatic rings. The molecule has 0 heterocycles. The van der Waals surface area contributed by atoms with Crippen LogP contribution in [0.5, 0.6) is 0 Å². The van der Waals surface area contributed by atoms with Gasteiger partial charge in [-0.15, -0.1) is 0 Å². The monoisotopic (exact) mass is 262 g/mol. The molecule has 1 aromatic carbocycles. The minimum absolute atomic E-state index is 0.322. The summed E-state index contributed by atoms with van der Waals surface area (Å²) in [6.07, 6.45) is 0. The van der Waals surface area contributed by atoms with Crippen LogP contribution in [0.2, 0.25) is 0 Å². The van der Waals surface area contributed by atoms with Crippen molar-refractivity contribution in [3.8, 4) is 0 Å². The first-order chi connectivity index (χ1) is 8.86. The highest BCUT2D eigenvalue weighted by molar-refractivity contribution is 5.33. The van der Waals surface area contributed by atoms with Crippen LogP contribution in [-0.4, -0.2) is 24.0 Å². The first-order valence-electron chi connectivity index (χ1n) is 7.39. The average molecular weight is 262 g/mol. The van der Waals surface area contributed by atoms with Gasteiger partial charge in [-0.25, -0.2) is 0 Å². The SMILES string of the molecule is Cc1ccc(C(CN)N(CC(C)C)C(C)C)c(C)c1. The van der Waals surface area contributed by atoms with Crippen LogP contribution in [0.15, 0.2) is 18.2 Å². The molecule has 0 amide bonds. The van der Waals surface area contributed by atoms with Crippen molar-refractivity contribution in [2.45, 2.75) is 53.6 Å². The molecule has 0 aliphatic heterocycles. The summed E-state index contributed by atoms with van der Waals surface area (Å²) in [5, 5.41) is 0. The first kappa shape index (κ1) is 16.2. The van der Waals surface area contributed by atoms with Crippen molar-refractivity contribution in [3.05, 3.63) is 34.9 Å². The van der Waals surface area contributed by atoms with Crippen molar-refractivity contribution in [2.24, 2.45) is 11.7 Å². The Morgan fingerprint density at radius 1 is 1.11 bits per heavy atom. The van der Waals surface area contributed by atoms with Gasteiger partial charge in [0.1, 0.15) is 0 Å². The Bertz CT molecular complexity index is 396. The highest BCUT2D eigenvalue weighted by Gasteiger charge is 2.23. The van der Waals surface area contributed by atoms with Crippen LogP contribution in [0.25, 0.3) is 0 Å². The van der Waals surface area contributed by atoms with Gasteiger partial charge in [-0.2, -0.15) is 0 Å². The zero-order chi connectivity index (χ0) is 14.6. The third-order valence-electron chi connectivity index (χ3n) is 3.65. The van der Waals surface area contributed by atoms with Crippen LogP contribution in [0, 0.1) is 19.8 Å². The van der Waals surface area contributed by atoms with Gasteiger partial charge in [0.25, 0.3) is 0 Å². The van der Waals surface area contributed by atoms with Crippen LogP contribution in [0.3, 0.4) is 0 Å². The molecule has 0 spiro atoms. The summed E-state index contributed by atoms with van der Waals surface area (Å²) in [7, 11) is 0. The van der Waals surface area contributed by atoms with E-state index in [2.05, 4.69) is 64.6 Å². The van der Waals surface area contributed by atoms with E-state index in [1.165, 1.54) is 16.7 Å². The molecule has 1 rings (SSSR count). The zero-order valence-corrected chi connectivity index (χ0v) is 13.4. The predicted octanol–water partition coefficient (Wildman–Crippen LogP) is 3.67. The van der Waals surface area contributed by atoms with E-state index in [0.717, 1.165) is 6.54 Å². The van der Waals surface area contributed by atoms with E-state index < -0.39 is 0 Å². The number of nitrogens with two attached hydrogens (primary N) is 1. The Labute approximate surface area is 119 Å². The van der Waals surface area contributed by atoms with Crippen LogP contribution in [0.1, 0.15) is 50.4 Å². The standard InChI is InChI=1S/C17H30N2/c1-12(2)11-19(13(3)4)17(10-18)16-8-7-14(5)9-15(16)6/h7-9,12-13,17H,10-11,18H2,1-6H3. The van der Waals surface area contributed by atoms with Gasteiger partial charge in [0.15, 0.2) is 0 Å². The van der Waals surface area contributed by atoms with E-state index in [-0.39, 0.29) is 0 Å². The first-order valence-corrected chi connectivity index (χ1v) is 7.39. The van der Waals surface area contributed by atoms with E-state index in [4.69, 9.17) is 5.73 Å². The number of nitrogens with zero attached hydrogens (tertiary/aromatic N) is 1. The molecule has 0 aliphatic carbocycles. The van der Waals surface area contributed by atoms with Gasteiger partial charge in [0.2, 0.25) is 0 Å². The fourth-order valence-corrected chi connectivity index (χ4v) is 2.76.